The number of ketones is 1. The third kappa shape index (κ3) is 1.69. The van der Waals surface area contributed by atoms with Crippen molar-refractivity contribution in [3.8, 4) is 0 Å². The molecule has 1 aromatic rings. The summed E-state index contributed by atoms with van der Waals surface area (Å²) in [5, 5.41) is 0. The molecule has 0 radical (unpaired) electrons. The van der Waals surface area contributed by atoms with E-state index in [0.29, 0.717) is 11.7 Å². The van der Waals surface area contributed by atoms with Gasteiger partial charge in [-0.1, -0.05) is 6.42 Å². The average Bonchev–Trinajstić information content (AvgIpc) is 3.11. The fraction of sp³-hybridized carbons (Fsp3) is 0.688. The van der Waals surface area contributed by atoms with Gasteiger partial charge in [0.05, 0.1) is 4.88 Å². The van der Waals surface area contributed by atoms with Crippen LogP contribution in [0.5, 0.6) is 0 Å². The van der Waals surface area contributed by atoms with Crippen LogP contribution in [-0.2, 0) is 12.8 Å². The molecule has 2 saturated carbocycles. The summed E-state index contributed by atoms with van der Waals surface area (Å²) in [5.41, 5.74) is 1.48. The first kappa shape index (κ1) is 11.2. The van der Waals surface area contributed by atoms with Gasteiger partial charge in [-0.25, -0.2) is 0 Å². The normalized spacial score (nSPS) is 33.7. The lowest BCUT2D eigenvalue weighted by Crippen LogP contribution is -2.20. The van der Waals surface area contributed by atoms with Gasteiger partial charge < -0.3 is 0 Å². The van der Waals surface area contributed by atoms with Crippen LogP contribution in [0.4, 0.5) is 0 Å². The summed E-state index contributed by atoms with van der Waals surface area (Å²) in [4.78, 5) is 15.3. The van der Waals surface area contributed by atoms with Crippen molar-refractivity contribution >= 4 is 17.1 Å². The minimum absolute atomic E-state index is 0.379. The number of carbonyl (C=O) groups is 1. The lowest BCUT2D eigenvalue weighted by molar-refractivity contribution is 0.0879. The van der Waals surface area contributed by atoms with Gasteiger partial charge in [-0.05, 0) is 68.4 Å². The number of aryl methyl sites for hydroxylation is 2. The maximum absolute atomic E-state index is 12.7. The number of hydrogen-bond acceptors (Lipinski definition) is 2. The molecule has 0 spiro atoms. The number of hydrogen-bond donors (Lipinski definition) is 0. The van der Waals surface area contributed by atoms with Crippen molar-refractivity contribution in [2.24, 2.45) is 17.8 Å². The van der Waals surface area contributed by atoms with Crippen LogP contribution in [0.3, 0.4) is 0 Å². The Balaban J connectivity index is 1.59. The van der Waals surface area contributed by atoms with E-state index < -0.39 is 0 Å². The number of rotatable bonds is 2. The van der Waals surface area contributed by atoms with Crippen molar-refractivity contribution in [1.29, 1.82) is 0 Å². The van der Waals surface area contributed by atoms with E-state index in [0.717, 1.165) is 16.7 Å². The van der Waals surface area contributed by atoms with Gasteiger partial charge in [-0.15, -0.1) is 11.3 Å². The molecule has 3 aliphatic rings. The number of thiophene rings is 1. The van der Waals surface area contributed by atoms with Gasteiger partial charge in [-0.2, -0.15) is 0 Å². The van der Waals surface area contributed by atoms with Crippen LogP contribution in [0, 0.1) is 17.8 Å². The SMILES string of the molecule is O=C(c1cc2c(s1)CCCC2)C1CC2CCC1C2. The summed E-state index contributed by atoms with van der Waals surface area (Å²) in [6.07, 6.45) is 10.3. The molecule has 1 aromatic heterocycles. The van der Waals surface area contributed by atoms with E-state index in [-0.39, 0.29) is 0 Å². The fourth-order valence-electron chi connectivity index (χ4n) is 4.36. The van der Waals surface area contributed by atoms with Crippen LogP contribution in [0.1, 0.15) is 58.6 Å². The zero-order chi connectivity index (χ0) is 12.1. The molecule has 0 saturated heterocycles. The van der Waals surface area contributed by atoms with Gasteiger partial charge in [-0.3, -0.25) is 4.79 Å². The van der Waals surface area contributed by atoms with E-state index in [9.17, 15) is 4.79 Å². The molecule has 0 aliphatic heterocycles. The highest BCUT2D eigenvalue weighted by Gasteiger charge is 2.43. The van der Waals surface area contributed by atoms with Gasteiger partial charge >= 0.3 is 0 Å². The molecule has 0 N–H and O–H groups in total. The van der Waals surface area contributed by atoms with Crippen LogP contribution in [0.15, 0.2) is 6.07 Å². The predicted molar refractivity (Wildman–Crippen MR) is 74.2 cm³/mol. The van der Waals surface area contributed by atoms with Crippen LogP contribution in [0.25, 0.3) is 0 Å². The second-order valence-electron chi connectivity index (χ2n) is 6.41. The smallest absolute Gasteiger partial charge is 0.176 e. The summed E-state index contributed by atoms with van der Waals surface area (Å²) in [6.45, 7) is 0. The maximum atomic E-state index is 12.7. The van der Waals surface area contributed by atoms with Crippen molar-refractivity contribution in [2.45, 2.75) is 51.4 Å². The molecular formula is C16H20OS. The third-order valence-corrected chi connectivity index (χ3v) is 6.57. The van der Waals surface area contributed by atoms with E-state index in [1.165, 1.54) is 61.8 Å². The van der Waals surface area contributed by atoms with Crippen molar-refractivity contribution in [3.63, 3.8) is 0 Å². The van der Waals surface area contributed by atoms with E-state index in [4.69, 9.17) is 0 Å². The van der Waals surface area contributed by atoms with Crippen LogP contribution in [0.2, 0.25) is 0 Å². The molecule has 1 heterocycles. The molecule has 3 aliphatic carbocycles. The van der Waals surface area contributed by atoms with Gasteiger partial charge in [0.15, 0.2) is 5.78 Å². The summed E-state index contributed by atoms with van der Waals surface area (Å²) in [5.74, 6) is 2.46. The molecule has 0 amide bonds. The molecule has 3 unspecified atom stereocenters. The Kier molecular flexibility index (Phi) is 2.61. The van der Waals surface area contributed by atoms with Gasteiger partial charge in [0.2, 0.25) is 0 Å². The number of Topliss-reactive ketones (excluding diaryl/α,β-unsaturated/α-hetero) is 1. The second kappa shape index (κ2) is 4.19. The first-order valence-corrected chi connectivity index (χ1v) is 8.28. The van der Waals surface area contributed by atoms with E-state index in [2.05, 4.69) is 6.07 Å². The molecule has 2 bridgehead atoms. The topological polar surface area (TPSA) is 17.1 Å². The maximum Gasteiger partial charge on any atom is 0.176 e. The Morgan fingerprint density at radius 2 is 2.06 bits per heavy atom. The molecule has 96 valence electrons. The minimum atomic E-state index is 0.379. The molecule has 3 atom stereocenters. The van der Waals surface area contributed by atoms with Gasteiger partial charge in [0, 0.05) is 10.8 Å². The van der Waals surface area contributed by atoms with Crippen LogP contribution in [-0.4, -0.2) is 5.78 Å². The Hall–Kier alpha value is -0.630. The highest BCUT2D eigenvalue weighted by molar-refractivity contribution is 7.14. The molecule has 4 rings (SSSR count). The minimum Gasteiger partial charge on any atom is -0.293 e. The summed E-state index contributed by atoms with van der Waals surface area (Å²) >= 11 is 1.81. The number of fused-ring (bicyclic) bond motifs is 3. The first-order valence-electron chi connectivity index (χ1n) is 7.47. The Bertz CT molecular complexity index is 464. The van der Waals surface area contributed by atoms with Crippen molar-refractivity contribution in [2.75, 3.05) is 0 Å². The van der Waals surface area contributed by atoms with Crippen molar-refractivity contribution in [3.05, 3.63) is 21.4 Å². The molecule has 2 heteroatoms. The predicted octanol–water partition coefficient (Wildman–Crippen LogP) is 4.25. The van der Waals surface area contributed by atoms with E-state index in [1.807, 2.05) is 11.3 Å². The molecule has 18 heavy (non-hydrogen) atoms. The van der Waals surface area contributed by atoms with Gasteiger partial charge in [0.1, 0.15) is 0 Å². The molecule has 0 aromatic carbocycles. The lowest BCUT2D eigenvalue weighted by atomic mass is 9.85. The quantitative estimate of drug-likeness (QED) is 0.727. The van der Waals surface area contributed by atoms with Crippen LogP contribution < -0.4 is 0 Å². The average molecular weight is 260 g/mol. The molecular weight excluding hydrogens is 240 g/mol. The third-order valence-electron chi connectivity index (χ3n) is 5.31. The number of carbonyl (C=O) groups excluding carboxylic acids is 1. The van der Waals surface area contributed by atoms with E-state index >= 15 is 0 Å². The lowest BCUT2D eigenvalue weighted by Gasteiger charge is -2.19. The first-order chi connectivity index (χ1) is 8.81. The molecule has 1 nitrogen and oxygen atoms in total. The van der Waals surface area contributed by atoms with Crippen LogP contribution >= 0.6 is 11.3 Å². The highest BCUT2D eigenvalue weighted by Crippen LogP contribution is 2.49. The Morgan fingerprint density at radius 1 is 1.17 bits per heavy atom. The van der Waals surface area contributed by atoms with Crippen molar-refractivity contribution in [1.82, 2.24) is 0 Å². The highest BCUT2D eigenvalue weighted by atomic mass is 32.1. The fourth-order valence-corrected chi connectivity index (χ4v) is 5.62. The standard InChI is InChI=1S/C16H20OS/c17-16(13-8-10-5-6-11(13)7-10)15-9-12-3-1-2-4-14(12)18-15/h9-11,13H,1-8H2. The second-order valence-corrected chi connectivity index (χ2v) is 7.55. The Labute approximate surface area is 113 Å². The summed E-state index contributed by atoms with van der Waals surface area (Å²) in [6, 6.07) is 2.23. The zero-order valence-electron chi connectivity index (χ0n) is 10.8. The summed E-state index contributed by atoms with van der Waals surface area (Å²) in [7, 11) is 0. The zero-order valence-corrected chi connectivity index (χ0v) is 11.6. The molecule has 2 fully saturated rings. The largest absolute Gasteiger partial charge is 0.293 e. The monoisotopic (exact) mass is 260 g/mol. The van der Waals surface area contributed by atoms with Gasteiger partial charge in [0.25, 0.3) is 0 Å². The Morgan fingerprint density at radius 3 is 2.78 bits per heavy atom. The van der Waals surface area contributed by atoms with E-state index in [1.54, 1.807) is 0 Å². The summed E-state index contributed by atoms with van der Waals surface area (Å²) < 4.78 is 0. The van der Waals surface area contributed by atoms with Crippen molar-refractivity contribution < 1.29 is 4.79 Å².